The van der Waals surface area contributed by atoms with E-state index in [0.29, 0.717) is 5.41 Å². The lowest BCUT2D eigenvalue weighted by molar-refractivity contribution is 0.198. The number of rotatable bonds is 11. The summed E-state index contributed by atoms with van der Waals surface area (Å²) in [4.78, 5) is 0. The van der Waals surface area contributed by atoms with Crippen LogP contribution >= 0.6 is 0 Å². The van der Waals surface area contributed by atoms with Gasteiger partial charge in [0.2, 0.25) is 0 Å². The number of hydrogen-bond acceptors (Lipinski definition) is 1. The summed E-state index contributed by atoms with van der Waals surface area (Å²) in [5.74, 6) is 0. The molecule has 0 amide bonds. The van der Waals surface area contributed by atoms with E-state index in [1.165, 1.54) is 64.3 Å². The fourth-order valence-corrected chi connectivity index (χ4v) is 2.67. The van der Waals surface area contributed by atoms with Gasteiger partial charge in [-0.1, -0.05) is 59.3 Å². The highest BCUT2D eigenvalue weighted by molar-refractivity contribution is 4.83. The van der Waals surface area contributed by atoms with E-state index in [9.17, 15) is 0 Å². The first-order chi connectivity index (χ1) is 8.89. The minimum absolute atomic E-state index is 0.247. The van der Waals surface area contributed by atoms with Crippen LogP contribution in [0.3, 0.4) is 0 Å². The van der Waals surface area contributed by atoms with Crippen LogP contribution in [-0.4, -0.2) is 12.1 Å². The van der Waals surface area contributed by atoms with E-state index in [1.54, 1.807) is 0 Å². The maximum absolute atomic E-state index is 3.73. The monoisotopic (exact) mass is 269 g/mol. The predicted molar refractivity (Wildman–Crippen MR) is 88.8 cm³/mol. The van der Waals surface area contributed by atoms with Gasteiger partial charge in [0.05, 0.1) is 0 Å². The van der Waals surface area contributed by atoms with Crippen molar-refractivity contribution in [3.05, 3.63) is 0 Å². The molecule has 0 aromatic heterocycles. The topological polar surface area (TPSA) is 12.0 Å². The van der Waals surface area contributed by atoms with E-state index in [-0.39, 0.29) is 5.54 Å². The Kier molecular flexibility index (Phi) is 9.78. The van der Waals surface area contributed by atoms with Crippen molar-refractivity contribution in [3.63, 3.8) is 0 Å². The summed E-state index contributed by atoms with van der Waals surface area (Å²) in [6.45, 7) is 15.0. The van der Waals surface area contributed by atoms with Crippen molar-refractivity contribution in [1.82, 2.24) is 5.32 Å². The third kappa shape index (κ3) is 9.49. The molecule has 0 heterocycles. The third-order valence-electron chi connectivity index (χ3n) is 4.55. The third-order valence-corrected chi connectivity index (χ3v) is 4.55. The highest BCUT2D eigenvalue weighted by Gasteiger charge is 2.26. The SMILES string of the molecule is CCCCCCCCC(CC)(CC)CNC(C)(C)C. The molecule has 0 bridgehead atoms. The molecule has 1 heteroatoms. The first-order valence-corrected chi connectivity index (χ1v) is 8.64. The average Bonchev–Trinajstić information content (AvgIpc) is 2.37. The summed E-state index contributed by atoms with van der Waals surface area (Å²) in [7, 11) is 0. The van der Waals surface area contributed by atoms with Gasteiger partial charge in [-0.3, -0.25) is 0 Å². The molecule has 0 aromatic rings. The molecule has 0 aliphatic carbocycles. The Balaban J connectivity index is 4.01. The van der Waals surface area contributed by atoms with Crippen LogP contribution < -0.4 is 5.32 Å². The van der Waals surface area contributed by atoms with Gasteiger partial charge in [-0.15, -0.1) is 0 Å². The molecule has 0 saturated heterocycles. The Labute approximate surface area is 122 Å². The van der Waals surface area contributed by atoms with Gasteiger partial charge in [-0.05, 0) is 45.4 Å². The van der Waals surface area contributed by atoms with Crippen LogP contribution in [0.25, 0.3) is 0 Å². The van der Waals surface area contributed by atoms with E-state index < -0.39 is 0 Å². The summed E-state index contributed by atoms with van der Waals surface area (Å²) >= 11 is 0. The van der Waals surface area contributed by atoms with E-state index in [0.717, 1.165) is 0 Å². The van der Waals surface area contributed by atoms with Gasteiger partial charge < -0.3 is 5.32 Å². The Hall–Kier alpha value is -0.0400. The molecule has 1 nitrogen and oxygen atoms in total. The van der Waals surface area contributed by atoms with Crippen LogP contribution in [0.4, 0.5) is 0 Å². The molecule has 0 saturated carbocycles. The Bertz CT molecular complexity index is 198. The molecule has 0 spiro atoms. The van der Waals surface area contributed by atoms with Gasteiger partial charge in [0.1, 0.15) is 0 Å². The molecule has 0 radical (unpaired) electrons. The molecular weight excluding hydrogens is 230 g/mol. The summed E-state index contributed by atoms with van der Waals surface area (Å²) in [5, 5.41) is 3.73. The van der Waals surface area contributed by atoms with Crippen molar-refractivity contribution in [2.45, 2.75) is 105 Å². The predicted octanol–water partition coefficient (Wildman–Crippen LogP) is 5.93. The smallest absolute Gasteiger partial charge is 0.00967 e. The van der Waals surface area contributed by atoms with Crippen LogP contribution in [0.5, 0.6) is 0 Å². The van der Waals surface area contributed by atoms with Crippen LogP contribution in [0.1, 0.15) is 99.3 Å². The minimum atomic E-state index is 0.247. The molecule has 116 valence electrons. The van der Waals surface area contributed by atoms with Gasteiger partial charge in [-0.25, -0.2) is 0 Å². The summed E-state index contributed by atoms with van der Waals surface area (Å²) < 4.78 is 0. The van der Waals surface area contributed by atoms with Gasteiger partial charge in [0.25, 0.3) is 0 Å². The Morgan fingerprint density at radius 3 is 1.74 bits per heavy atom. The van der Waals surface area contributed by atoms with E-state index in [2.05, 4.69) is 46.9 Å². The fraction of sp³-hybridized carbons (Fsp3) is 1.00. The molecule has 0 atom stereocenters. The van der Waals surface area contributed by atoms with Crippen LogP contribution in [-0.2, 0) is 0 Å². The van der Waals surface area contributed by atoms with Crippen LogP contribution in [0, 0.1) is 5.41 Å². The summed E-state index contributed by atoms with van der Waals surface area (Å²) in [5.41, 5.74) is 0.773. The minimum Gasteiger partial charge on any atom is -0.312 e. The maximum Gasteiger partial charge on any atom is 0.00967 e. The van der Waals surface area contributed by atoms with Crippen LogP contribution in [0.15, 0.2) is 0 Å². The molecule has 19 heavy (non-hydrogen) atoms. The van der Waals surface area contributed by atoms with Crippen molar-refractivity contribution in [2.75, 3.05) is 6.54 Å². The average molecular weight is 270 g/mol. The zero-order valence-corrected chi connectivity index (χ0v) is 14.6. The molecule has 0 aliphatic rings. The van der Waals surface area contributed by atoms with Crippen molar-refractivity contribution in [1.29, 1.82) is 0 Å². The highest BCUT2D eigenvalue weighted by atomic mass is 15.0. The second-order valence-electron chi connectivity index (χ2n) is 7.33. The van der Waals surface area contributed by atoms with Crippen molar-refractivity contribution >= 4 is 0 Å². The molecular formula is C18H39N. The van der Waals surface area contributed by atoms with Crippen molar-refractivity contribution < 1.29 is 0 Å². The van der Waals surface area contributed by atoms with E-state index in [1.807, 2.05) is 0 Å². The number of hydrogen-bond donors (Lipinski definition) is 1. The zero-order chi connectivity index (χ0) is 14.8. The second-order valence-corrected chi connectivity index (χ2v) is 7.33. The lowest BCUT2D eigenvalue weighted by Gasteiger charge is -2.35. The lowest BCUT2D eigenvalue weighted by Crippen LogP contribution is -2.43. The fourth-order valence-electron chi connectivity index (χ4n) is 2.67. The molecule has 0 fully saturated rings. The van der Waals surface area contributed by atoms with Crippen molar-refractivity contribution in [3.8, 4) is 0 Å². The number of unbranched alkanes of at least 4 members (excludes halogenated alkanes) is 5. The maximum atomic E-state index is 3.73. The lowest BCUT2D eigenvalue weighted by atomic mass is 9.77. The zero-order valence-electron chi connectivity index (χ0n) is 14.6. The normalized spacial score (nSPS) is 12.9. The largest absolute Gasteiger partial charge is 0.312 e. The molecule has 0 rings (SSSR count). The molecule has 0 unspecified atom stereocenters. The first-order valence-electron chi connectivity index (χ1n) is 8.64. The molecule has 0 aliphatic heterocycles. The van der Waals surface area contributed by atoms with Gasteiger partial charge in [0.15, 0.2) is 0 Å². The summed E-state index contributed by atoms with van der Waals surface area (Å²) in [6, 6.07) is 0. The van der Waals surface area contributed by atoms with E-state index >= 15 is 0 Å². The molecule has 1 N–H and O–H groups in total. The standard InChI is InChI=1S/C18H39N/c1-7-10-11-12-13-14-15-18(8-2,9-3)16-19-17(4,5)6/h19H,7-16H2,1-6H3. The Morgan fingerprint density at radius 1 is 0.737 bits per heavy atom. The van der Waals surface area contributed by atoms with Gasteiger partial charge in [-0.2, -0.15) is 0 Å². The van der Waals surface area contributed by atoms with E-state index in [4.69, 9.17) is 0 Å². The molecule has 0 aromatic carbocycles. The van der Waals surface area contributed by atoms with Gasteiger partial charge in [0, 0.05) is 12.1 Å². The van der Waals surface area contributed by atoms with Crippen molar-refractivity contribution in [2.24, 2.45) is 5.41 Å². The second kappa shape index (κ2) is 9.80. The Morgan fingerprint density at radius 2 is 1.26 bits per heavy atom. The first kappa shape index (κ1) is 19.0. The summed E-state index contributed by atoms with van der Waals surface area (Å²) in [6.07, 6.45) is 12.5. The highest BCUT2D eigenvalue weighted by Crippen LogP contribution is 2.32. The van der Waals surface area contributed by atoms with Crippen LogP contribution in [0.2, 0.25) is 0 Å². The quantitative estimate of drug-likeness (QED) is 0.458. The number of nitrogens with one attached hydrogen (secondary N) is 1. The van der Waals surface area contributed by atoms with Gasteiger partial charge >= 0.3 is 0 Å².